The molecule has 3 unspecified atom stereocenters. The number of hydrogen-bond donors (Lipinski definition) is 2. The zero-order valence-electron chi connectivity index (χ0n) is 22.6. The van der Waals surface area contributed by atoms with Crippen LogP contribution in [-0.2, 0) is 26.3 Å². The zero-order chi connectivity index (χ0) is 27.7. The summed E-state index contributed by atoms with van der Waals surface area (Å²) in [7, 11) is 0.405. The molecule has 1 aliphatic heterocycles. The van der Waals surface area contributed by atoms with E-state index in [1.165, 1.54) is 26.1 Å². The number of carbonyl (C=O) groups excluding carboxylic acids is 1. The Morgan fingerprint density at radius 3 is 2.59 bits per heavy atom. The fourth-order valence-electron chi connectivity index (χ4n) is 7.12. The topological polar surface area (TPSA) is 118 Å². The third-order valence-corrected chi connectivity index (χ3v) is 10.7. The number of benzene rings is 1. The van der Waals surface area contributed by atoms with Crippen molar-refractivity contribution in [2.24, 2.45) is 11.3 Å². The number of fused-ring (bicyclic) bond motifs is 7. The predicted molar refractivity (Wildman–Crippen MR) is 147 cm³/mol. The first-order valence-corrected chi connectivity index (χ1v) is 15.1. The van der Waals surface area contributed by atoms with Crippen LogP contribution in [0.4, 0.5) is 0 Å². The molecule has 2 N–H and O–H groups in total. The molecule has 10 heteroatoms. The van der Waals surface area contributed by atoms with Gasteiger partial charge in [0.25, 0.3) is 5.91 Å². The Hall–Kier alpha value is -3.11. The summed E-state index contributed by atoms with van der Waals surface area (Å²) in [5, 5.41) is 11.5. The van der Waals surface area contributed by atoms with Gasteiger partial charge >= 0.3 is 16.2 Å². The van der Waals surface area contributed by atoms with E-state index in [1.807, 2.05) is 12.1 Å². The van der Waals surface area contributed by atoms with E-state index in [1.54, 1.807) is 19.2 Å². The van der Waals surface area contributed by atoms with E-state index in [9.17, 15) is 23.1 Å². The Kier molecular flexibility index (Phi) is 6.18. The quantitative estimate of drug-likeness (QED) is 0.552. The molecule has 2 heterocycles. The van der Waals surface area contributed by atoms with Crippen LogP contribution in [0.25, 0.3) is 10.9 Å². The van der Waals surface area contributed by atoms with Gasteiger partial charge in [0.2, 0.25) is 0 Å². The van der Waals surface area contributed by atoms with Gasteiger partial charge in [0.1, 0.15) is 5.76 Å². The van der Waals surface area contributed by atoms with Gasteiger partial charge in [-0.2, -0.15) is 12.7 Å². The number of hydrogen-bond acceptors (Lipinski definition) is 5. The molecule has 208 valence electrons. The number of ether oxygens (including phenoxy) is 1. The SMILES string of the molecule is COC1=CCC2C(=C1)C1CC1(C(=O)O)Cn1c2c(C2CCCCC2)c2ccc(C(=O)NS(=O)(=O)N(C)C)cc21. The zero-order valence-corrected chi connectivity index (χ0v) is 23.4. The van der Waals surface area contributed by atoms with Gasteiger partial charge in [-0.1, -0.05) is 30.9 Å². The van der Waals surface area contributed by atoms with Crippen LogP contribution in [0.15, 0.2) is 41.7 Å². The molecule has 1 aromatic heterocycles. The number of methoxy groups -OCH3 is 1. The van der Waals surface area contributed by atoms with Crippen LogP contribution in [0, 0.1) is 11.3 Å². The lowest BCUT2D eigenvalue weighted by Crippen LogP contribution is -2.39. The number of nitrogens with zero attached hydrogens (tertiary/aromatic N) is 2. The molecule has 9 nitrogen and oxygen atoms in total. The molecule has 6 rings (SSSR count). The van der Waals surface area contributed by atoms with Crippen LogP contribution < -0.4 is 4.72 Å². The molecule has 2 aromatic rings. The molecule has 0 saturated heterocycles. The summed E-state index contributed by atoms with van der Waals surface area (Å²) >= 11 is 0. The van der Waals surface area contributed by atoms with Crippen LogP contribution >= 0.6 is 0 Å². The Labute approximate surface area is 228 Å². The summed E-state index contributed by atoms with van der Waals surface area (Å²) in [6, 6.07) is 5.35. The summed E-state index contributed by atoms with van der Waals surface area (Å²) in [4.78, 5) is 25.8. The van der Waals surface area contributed by atoms with Crippen LogP contribution in [0.3, 0.4) is 0 Å². The molecule has 3 aliphatic carbocycles. The summed E-state index contributed by atoms with van der Waals surface area (Å²) in [5.74, 6) is -0.413. The smallest absolute Gasteiger partial charge is 0.312 e. The molecule has 2 saturated carbocycles. The van der Waals surface area contributed by atoms with Gasteiger partial charge in [-0.3, -0.25) is 9.59 Å². The standard InChI is InChI=1S/C29H35N3O6S/c1-31(2)39(36,37)30-27(33)18-9-11-21-24(13-18)32-16-29(28(34)35)15-23(29)22-14-19(38-3)10-12-20(22)26(32)25(21)17-7-5-4-6-8-17/h9-11,13-14,17,20,23H,4-8,12,15-16H2,1-3H3,(H,30,33)(H,34,35). The Bertz CT molecular complexity index is 1550. The molecular formula is C29H35N3O6S. The van der Waals surface area contributed by atoms with Crippen molar-refractivity contribution in [3.63, 3.8) is 0 Å². The highest BCUT2D eigenvalue weighted by Crippen LogP contribution is 2.65. The molecule has 0 bridgehead atoms. The second-order valence-electron chi connectivity index (χ2n) is 11.6. The molecule has 0 radical (unpaired) electrons. The van der Waals surface area contributed by atoms with Crippen molar-refractivity contribution in [1.29, 1.82) is 0 Å². The molecule has 3 atom stereocenters. The summed E-state index contributed by atoms with van der Waals surface area (Å²) in [5.41, 5.74) is 3.67. The average molecular weight is 554 g/mol. The van der Waals surface area contributed by atoms with Crippen LogP contribution in [-0.4, -0.2) is 55.5 Å². The molecule has 2 fully saturated rings. The van der Waals surface area contributed by atoms with Crippen LogP contribution in [0.2, 0.25) is 0 Å². The average Bonchev–Trinajstić information content (AvgIpc) is 3.59. The minimum atomic E-state index is -3.96. The number of carboxylic acid groups (broad SMARTS) is 1. The van der Waals surface area contributed by atoms with Gasteiger partial charge in [0.15, 0.2) is 0 Å². The third kappa shape index (κ3) is 4.10. The fraction of sp³-hybridized carbons (Fsp3) is 0.517. The number of aliphatic carboxylic acids is 1. The summed E-state index contributed by atoms with van der Waals surface area (Å²) in [6.07, 6.45) is 11.1. The lowest BCUT2D eigenvalue weighted by Gasteiger charge is -2.29. The van der Waals surface area contributed by atoms with Gasteiger partial charge in [0, 0.05) is 48.7 Å². The molecule has 1 aromatic carbocycles. The number of carbonyl (C=O) groups is 2. The van der Waals surface area contributed by atoms with Crippen molar-refractivity contribution in [2.45, 2.75) is 63.3 Å². The number of nitrogens with one attached hydrogen (secondary N) is 1. The van der Waals surface area contributed by atoms with Gasteiger partial charge in [-0.15, -0.1) is 0 Å². The number of carboxylic acids is 1. The Morgan fingerprint density at radius 1 is 1.18 bits per heavy atom. The van der Waals surface area contributed by atoms with Gasteiger partial charge < -0.3 is 14.4 Å². The lowest BCUT2D eigenvalue weighted by molar-refractivity contribution is -0.144. The van der Waals surface area contributed by atoms with Crippen LogP contribution in [0.5, 0.6) is 0 Å². The van der Waals surface area contributed by atoms with E-state index in [2.05, 4.69) is 15.4 Å². The molecule has 0 spiro atoms. The normalized spacial score (nSPS) is 26.6. The monoisotopic (exact) mass is 553 g/mol. The van der Waals surface area contributed by atoms with Crippen molar-refractivity contribution >= 4 is 33.0 Å². The Balaban J connectivity index is 1.56. The Morgan fingerprint density at radius 2 is 1.92 bits per heavy atom. The minimum Gasteiger partial charge on any atom is -0.497 e. The molecule has 4 aliphatic rings. The predicted octanol–water partition coefficient (Wildman–Crippen LogP) is 4.27. The highest BCUT2D eigenvalue weighted by atomic mass is 32.2. The molecule has 1 amide bonds. The van der Waals surface area contributed by atoms with Crippen molar-refractivity contribution in [3.8, 4) is 0 Å². The van der Waals surface area contributed by atoms with E-state index in [-0.39, 0.29) is 17.4 Å². The van der Waals surface area contributed by atoms with Gasteiger partial charge in [-0.05, 0) is 67.4 Å². The number of allylic oxidation sites excluding steroid dienone is 3. The second kappa shape index (κ2) is 9.23. The van der Waals surface area contributed by atoms with Crippen molar-refractivity contribution in [1.82, 2.24) is 13.6 Å². The maximum Gasteiger partial charge on any atom is 0.312 e. The second-order valence-corrected chi connectivity index (χ2v) is 13.5. The molecular weight excluding hydrogens is 518 g/mol. The maximum atomic E-state index is 13.0. The molecule has 39 heavy (non-hydrogen) atoms. The number of rotatable bonds is 6. The van der Waals surface area contributed by atoms with E-state index in [4.69, 9.17) is 4.74 Å². The fourth-order valence-corrected chi connectivity index (χ4v) is 7.66. The lowest BCUT2D eigenvalue weighted by atomic mass is 9.77. The third-order valence-electron chi connectivity index (χ3n) is 9.30. The van der Waals surface area contributed by atoms with Crippen LogP contribution in [0.1, 0.15) is 78.4 Å². The first-order chi connectivity index (χ1) is 18.6. The maximum absolute atomic E-state index is 13.0. The minimum absolute atomic E-state index is 0.0355. The summed E-state index contributed by atoms with van der Waals surface area (Å²) in [6.45, 7) is 0.322. The number of amides is 1. The van der Waals surface area contributed by atoms with Crippen molar-refractivity contribution in [2.75, 3.05) is 21.2 Å². The van der Waals surface area contributed by atoms with Gasteiger partial charge in [0.05, 0.1) is 12.5 Å². The highest BCUT2D eigenvalue weighted by molar-refractivity contribution is 7.87. The first kappa shape index (κ1) is 26.1. The number of aromatic nitrogens is 1. The van der Waals surface area contributed by atoms with E-state index in [0.29, 0.717) is 18.9 Å². The van der Waals surface area contributed by atoms with E-state index < -0.39 is 27.5 Å². The van der Waals surface area contributed by atoms with E-state index in [0.717, 1.165) is 64.3 Å². The van der Waals surface area contributed by atoms with E-state index >= 15 is 0 Å². The van der Waals surface area contributed by atoms with Crippen molar-refractivity contribution < 1.29 is 27.9 Å². The first-order valence-electron chi connectivity index (χ1n) is 13.7. The highest BCUT2D eigenvalue weighted by Gasteiger charge is 2.64. The van der Waals surface area contributed by atoms with Crippen molar-refractivity contribution in [3.05, 3.63) is 58.5 Å². The largest absolute Gasteiger partial charge is 0.497 e. The van der Waals surface area contributed by atoms with Gasteiger partial charge in [-0.25, -0.2) is 4.72 Å². The summed E-state index contributed by atoms with van der Waals surface area (Å²) < 4.78 is 35.5.